The lowest BCUT2D eigenvalue weighted by atomic mass is 10.1. The summed E-state index contributed by atoms with van der Waals surface area (Å²) in [5, 5.41) is 0. The summed E-state index contributed by atoms with van der Waals surface area (Å²) in [7, 11) is 0. The number of hydrogen-bond donors (Lipinski definition) is 1. The van der Waals surface area contributed by atoms with Gasteiger partial charge in [-0.25, -0.2) is 0 Å². The molecule has 0 amide bonds. The first-order valence-corrected chi connectivity index (χ1v) is 4.37. The van der Waals surface area contributed by atoms with E-state index in [1.807, 2.05) is 12.3 Å². The highest BCUT2D eigenvalue weighted by atomic mass is 14.7. The molecule has 1 aromatic heterocycles. The number of hydrogen-bond acceptors (Lipinski definition) is 2. The molecule has 0 radical (unpaired) electrons. The van der Waals surface area contributed by atoms with Gasteiger partial charge in [-0.15, -0.1) is 0 Å². The van der Waals surface area contributed by atoms with Crippen molar-refractivity contribution in [2.45, 2.75) is 26.7 Å². The van der Waals surface area contributed by atoms with E-state index >= 15 is 0 Å². The third-order valence-corrected chi connectivity index (χ3v) is 2.20. The fourth-order valence-corrected chi connectivity index (χ4v) is 1.21. The molecular formula is C10H16N2. The highest BCUT2D eigenvalue weighted by molar-refractivity contribution is 5.27. The molecule has 0 aromatic carbocycles. The maximum absolute atomic E-state index is 5.44. The molecule has 0 saturated heterocycles. The second kappa shape index (κ2) is 4.21. The molecule has 0 aliphatic heterocycles. The zero-order valence-corrected chi connectivity index (χ0v) is 7.80. The summed E-state index contributed by atoms with van der Waals surface area (Å²) in [5.74, 6) is 0. The zero-order valence-electron chi connectivity index (χ0n) is 7.80. The van der Waals surface area contributed by atoms with Crippen LogP contribution in [0.25, 0.3) is 0 Å². The van der Waals surface area contributed by atoms with Crippen molar-refractivity contribution in [1.29, 1.82) is 0 Å². The third-order valence-electron chi connectivity index (χ3n) is 2.20. The largest absolute Gasteiger partial charge is 0.330 e. The predicted octanol–water partition coefficient (Wildman–Crippen LogP) is 1.59. The second-order valence-electron chi connectivity index (χ2n) is 3.09. The minimum absolute atomic E-state index is 0.745. The number of nitrogens with two attached hydrogens (primary N) is 1. The van der Waals surface area contributed by atoms with Gasteiger partial charge in [-0.1, -0.05) is 0 Å². The fraction of sp³-hybridized carbons (Fsp3) is 0.500. The van der Waals surface area contributed by atoms with E-state index in [0.717, 1.165) is 19.4 Å². The number of pyridine rings is 1. The normalized spacial score (nSPS) is 10.2. The molecule has 1 rings (SSSR count). The second-order valence-corrected chi connectivity index (χ2v) is 3.09. The first kappa shape index (κ1) is 9.20. The maximum Gasteiger partial charge on any atom is 0.0435 e. The smallest absolute Gasteiger partial charge is 0.0435 e. The minimum Gasteiger partial charge on any atom is -0.330 e. The van der Waals surface area contributed by atoms with Crippen molar-refractivity contribution in [3.63, 3.8) is 0 Å². The molecule has 1 aromatic rings. The Morgan fingerprint density at radius 2 is 2.17 bits per heavy atom. The van der Waals surface area contributed by atoms with Crippen molar-refractivity contribution in [3.8, 4) is 0 Å². The van der Waals surface area contributed by atoms with Gasteiger partial charge in [0.2, 0.25) is 0 Å². The van der Waals surface area contributed by atoms with Gasteiger partial charge in [0.1, 0.15) is 0 Å². The molecule has 0 aliphatic carbocycles. The third kappa shape index (κ3) is 2.05. The monoisotopic (exact) mass is 164 g/mol. The fourth-order valence-electron chi connectivity index (χ4n) is 1.21. The average molecular weight is 164 g/mol. The van der Waals surface area contributed by atoms with Crippen LogP contribution in [0.3, 0.4) is 0 Å². The molecule has 0 unspecified atom stereocenters. The summed E-state index contributed by atoms with van der Waals surface area (Å²) < 4.78 is 0. The molecule has 2 N–H and O–H groups in total. The zero-order chi connectivity index (χ0) is 8.97. The Labute approximate surface area is 73.8 Å². The van der Waals surface area contributed by atoms with Gasteiger partial charge >= 0.3 is 0 Å². The van der Waals surface area contributed by atoms with E-state index in [1.165, 1.54) is 16.8 Å². The molecular weight excluding hydrogens is 148 g/mol. The summed E-state index contributed by atoms with van der Waals surface area (Å²) >= 11 is 0. The first-order chi connectivity index (χ1) is 5.75. The quantitative estimate of drug-likeness (QED) is 0.736. The van der Waals surface area contributed by atoms with Crippen LogP contribution in [0.1, 0.15) is 23.2 Å². The van der Waals surface area contributed by atoms with Gasteiger partial charge in [0.25, 0.3) is 0 Å². The number of aryl methyl sites for hydroxylation is 2. The van der Waals surface area contributed by atoms with Crippen LogP contribution < -0.4 is 5.73 Å². The van der Waals surface area contributed by atoms with E-state index in [1.54, 1.807) is 0 Å². The van der Waals surface area contributed by atoms with E-state index in [4.69, 9.17) is 5.73 Å². The Balaban J connectivity index is 2.78. The average Bonchev–Trinajstić information content (AvgIpc) is 2.08. The maximum atomic E-state index is 5.44. The SMILES string of the molecule is Cc1ccnc(CCCN)c1C. The number of aromatic nitrogens is 1. The van der Waals surface area contributed by atoms with Crippen LogP contribution in [0.15, 0.2) is 12.3 Å². The highest BCUT2D eigenvalue weighted by Crippen LogP contribution is 2.10. The lowest BCUT2D eigenvalue weighted by Crippen LogP contribution is -2.03. The molecule has 0 spiro atoms. The molecule has 0 aliphatic rings. The molecule has 0 saturated carbocycles. The van der Waals surface area contributed by atoms with E-state index in [-0.39, 0.29) is 0 Å². The standard InChI is InChI=1S/C10H16N2/c1-8-5-7-12-10(9(8)2)4-3-6-11/h5,7H,3-4,6,11H2,1-2H3. The van der Waals surface area contributed by atoms with Gasteiger partial charge in [0.05, 0.1) is 0 Å². The van der Waals surface area contributed by atoms with Gasteiger partial charge in [-0.05, 0) is 50.4 Å². The van der Waals surface area contributed by atoms with Crippen molar-refractivity contribution >= 4 is 0 Å². The van der Waals surface area contributed by atoms with Crippen molar-refractivity contribution in [2.75, 3.05) is 6.54 Å². The van der Waals surface area contributed by atoms with E-state index < -0.39 is 0 Å². The summed E-state index contributed by atoms with van der Waals surface area (Å²) in [6.45, 7) is 4.98. The van der Waals surface area contributed by atoms with Crippen LogP contribution in [0.5, 0.6) is 0 Å². The van der Waals surface area contributed by atoms with Crippen molar-refractivity contribution < 1.29 is 0 Å². The van der Waals surface area contributed by atoms with Crippen LogP contribution in [0.2, 0.25) is 0 Å². The lowest BCUT2D eigenvalue weighted by molar-refractivity contribution is 0.802. The lowest BCUT2D eigenvalue weighted by Gasteiger charge is -2.05. The van der Waals surface area contributed by atoms with Gasteiger partial charge in [0, 0.05) is 11.9 Å². The summed E-state index contributed by atoms with van der Waals surface area (Å²) in [5.41, 5.74) is 9.26. The Kier molecular flexibility index (Phi) is 3.23. The van der Waals surface area contributed by atoms with E-state index in [0.29, 0.717) is 0 Å². The molecule has 12 heavy (non-hydrogen) atoms. The Morgan fingerprint density at radius 1 is 1.42 bits per heavy atom. The topological polar surface area (TPSA) is 38.9 Å². The summed E-state index contributed by atoms with van der Waals surface area (Å²) in [6, 6.07) is 2.04. The molecule has 1 heterocycles. The van der Waals surface area contributed by atoms with Gasteiger partial charge < -0.3 is 5.73 Å². The van der Waals surface area contributed by atoms with Crippen LogP contribution in [0, 0.1) is 13.8 Å². The van der Waals surface area contributed by atoms with Gasteiger partial charge in [-0.2, -0.15) is 0 Å². The van der Waals surface area contributed by atoms with Crippen LogP contribution in [-0.4, -0.2) is 11.5 Å². The van der Waals surface area contributed by atoms with Crippen LogP contribution in [0.4, 0.5) is 0 Å². The molecule has 0 fully saturated rings. The van der Waals surface area contributed by atoms with E-state index in [2.05, 4.69) is 18.8 Å². The van der Waals surface area contributed by atoms with E-state index in [9.17, 15) is 0 Å². The minimum atomic E-state index is 0.745. The molecule has 2 heteroatoms. The Bertz CT molecular complexity index is 256. The van der Waals surface area contributed by atoms with Crippen molar-refractivity contribution in [3.05, 3.63) is 29.1 Å². The Hall–Kier alpha value is -0.890. The van der Waals surface area contributed by atoms with Gasteiger partial charge in [-0.3, -0.25) is 4.98 Å². The first-order valence-electron chi connectivity index (χ1n) is 4.37. The van der Waals surface area contributed by atoms with Gasteiger partial charge in [0.15, 0.2) is 0 Å². The molecule has 66 valence electrons. The number of nitrogens with zero attached hydrogens (tertiary/aromatic N) is 1. The number of rotatable bonds is 3. The molecule has 0 bridgehead atoms. The molecule has 2 nitrogen and oxygen atoms in total. The van der Waals surface area contributed by atoms with Crippen molar-refractivity contribution in [2.24, 2.45) is 5.73 Å². The predicted molar refractivity (Wildman–Crippen MR) is 51.1 cm³/mol. The van der Waals surface area contributed by atoms with Crippen LogP contribution >= 0.6 is 0 Å². The summed E-state index contributed by atoms with van der Waals surface area (Å²) in [6.07, 6.45) is 3.90. The highest BCUT2D eigenvalue weighted by Gasteiger charge is 2.00. The Morgan fingerprint density at radius 3 is 2.83 bits per heavy atom. The van der Waals surface area contributed by atoms with Crippen LogP contribution in [-0.2, 0) is 6.42 Å². The molecule has 0 atom stereocenters. The van der Waals surface area contributed by atoms with Crippen molar-refractivity contribution in [1.82, 2.24) is 4.98 Å². The summed E-state index contributed by atoms with van der Waals surface area (Å²) in [4.78, 5) is 4.32.